The fourth-order valence-corrected chi connectivity index (χ4v) is 4.18. The molecule has 0 saturated carbocycles. The van der Waals surface area contributed by atoms with Crippen molar-refractivity contribution in [1.82, 2.24) is 13.3 Å². The van der Waals surface area contributed by atoms with Crippen molar-refractivity contribution in [2.24, 2.45) is 0 Å². The van der Waals surface area contributed by atoms with E-state index < -0.39 is 16.2 Å². The van der Waals surface area contributed by atoms with Gasteiger partial charge in [-0.3, -0.25) is 10.1 Å². The van der Waals surface area contributed by atoms with E-state index in [0.29, 0.717) is 12.1 Å². The van der Waals surface area contributed by atoms with E-state index >= 15 is 0 Å². The molecule has 0 atom stereocenters. The first-order valence-electron chi connectivity index (χ1n) is 7.13. The smallest absolute Gasteiger partial charge is 0.331 e. The monoisotopic (exact) mass is 342 g/mol. The van der Waals surface area contributed by atoms with E-state index in [-0.39, 0.29) is 43.1 Å². The third kappa shape index (κ3) is 2.99. The summed E-state index contributed by atoms with van der Waals surface area (Å²) in [5, 5.41) is 11.3. The molecule has 1 aliphatic carbocycles. The Morgan fingerprint density at radius 1 is 1.43 bits per heavy atom. The van der Waals surface area contributed by atoms with Crippen molar-refractivity contribution >= 4 is 34.6 Å². The molecule has 9 nitrogen and oxygen atoms in total. The highest BCUT2D eigenvalue weighted by molar-refractivity contribution is 7.87. The first kappa shape index (κ1) is 17.2. The molecule has 1 aliphatic rings. The maximum Gasteiger partial charge on any atom is 0.331 e. The molecule has 10 heteroatoms. The number of rotatable bonds is 7. The van der Waals surface area contributed by atoms with E-state index in [1.807, 2.05) is 0 Å². The van der Waals surface area contributed by atoms with Crippen LogP contribution < -0.4 is 5.32 Å². The fraction of sp³-hybridized carbons (Fsp3) is 0.462. The SMILES string of the molecule is CCN(CC)S(=O)(=O)n1c(NC=O)nc2c1CCC(C(=O)O)=C2. The molecule has 1 amide bonds. The Kier molecular flexibility index (Phi) is 4.85. The average Bonchev–Trinajstić information content (AvgIpc) is 2.86. The predicted octanol–water partition coefficient (Wildman–Crippen LogP) is 0.300. The minimum Gasteiger partial charge on any atom is -0.478 e. The first-order valence-corrected chi connectivity index (χ1v) is 8.52. The number of amides is 1. The summed E-state index contributed by atoms with van der Waals surface area (Å²) >= 11 is 0. The third-order valence-corrected chi connectivity index (χ3v) is 5.65. The van der Waals surface area contributed by atoms with Gasteiger partial charge in [-0.1, -0.05) is 13.8 Å². The fourth-order valence-electron chi connectivity index (χ4n) is 2.52. The van der Waals surface area contributed by atoms with Crippen LogP contribution in [0, 0.1) is 0 Å². The van der Waals surface area contributed by atoms with Crippen molar-refractivity contribution in [3.63, 3.8) is 0 Å². The first-order chi connectivity index (χ1) is 10.9. The molecule has 0 spiro atoms. The number of aromatic nitrogens is 2. The van der Waals surface area contributed by atoms with Gasteiger partial charge in [-0.15, -0.1) is 0 Å². The number of aliphatic carboxylic acids is 1. The van der Waals surface area contributed by atoms with E-state index in [1.165, 1.54) is 10.4 Å². The highest BCUT2D eigenvalue weighted by Gasteiger charge is 2.31. The number of imidazole rings is 1. The Labute approximate surface area is 133 Å². The van der Waals surface area contributed by atoms with Gasteiger partial charge in [-0.2, -0.15) is 16.7 Å². The highest BCUT2D eigenvalue weighted by Crippen LogP contribution is 2.29. The summed E-state index contributed by atoms with van der Waals surface area (Å²) in [6.07, 6.45) is 2.08. The Balaban J connectivity index is 2.65. The van der Waals surface area contributed by atoms with Gasteiger partial charge in [0.15, 0.2) is 0 Å². The third-order valence-electron chi connectivity index (χ3n) is 3.63. The number of nitrogens with one attached hydrogen (secondary N) is 1. The van der Waals surface area contributed by atoms with Gasteiger partial charge in [0.25, 0.3) is 0 Å². The van der Waals surface area contributed by atoms with Gasteiger partial charge in [-0.25, -0.2) is 9.78 Å². The Hall–Kier alpha value is -2.20. The van der Waals surface area contributed by atoms with Gasteiger partial charge in [0.2, 0.25) is 12.4 Å². The second-order valence-corrected chi connectivity index (χ2v) is 6.64. The van der Waals surface area contributed by atoms with Crippen LogP contribution in [0.4, 0.5) is 5.95 Å². The molecular weight excluding hydrogens is 324 g/mol. The highest BCUT2D eigenvalue weighted by atomic mass is 32.2. The standard InChI is InChI=1S/C13H18N4O5S/c1-3-16(4-2)23(21,22)17-11-6-5-9(12(19)20)7-10(11)15-13(17)14-8-18/h7-8H,3-6H2,1-2H3,(H,19,20)(H,14,15,18). The number of carboxylic acids is 1. The van der Waals surface area contributed by atoms with Gasteiger partial charge in [-0.05, 0) is 18.9 Å². The number of hydrogen-bond acceptors (Lipinski definition) is 5. The lowest BCUT2D eigenvalue weighted by Crippen LogP contribution is -2.37. The quantitative estimate of drug-likeness (QED) is 0.687. The van der Waals surface area contributed by atoms with Gasteiger partial charge in [0.05, 0.1) is 11.4 Å². The molecule has 0 saturated heterocycles. The summed E-state index contributed by atoms with van der Waals surface area (Å²) in [4.78, 5) is 25.9. The molecule has 23 heavy (non-hydrogen) atoms. The van der Waals surface area contributed by atoms with Crippen LogP contribution in [-0.4, -0.2) is 52.3 Å². The molecular formula is C13H18N4O5S. The van der Waals surface area contributed by atoms with E-state index in [9.17, 15) is 18.0 Å². The maximum absolute atomic E-state index is 12.8. The molecule has 0 radical (unpaired) electrons. The zero-order chi connectivity index (χ0) is 17.2. The van der Waals surface area contributed by atoms with Crippen LogP contribution >= 0.6 is 0 Å². The molecule has 1 aromatic rings. The minimum atomic E-state index is -3.90. The lowest BCUT2D eigenvalue weighted by atomic mass is 10.0. The van der Waals surface area contributed by atoms with Crippen molar-refractivity contribution in [2.75, 3.05) is 18.4 Å². The second kappa shape index (κ2) is 6.50. The van der Waals surface area contributed by atoms with Gasteiger partial charge in [0, 0.05) is 18.7 Å². The largest absolute Gasteiger partial charge is 0.478 e. The van der Waals surface area contributed by atoms with E-state index in [1.54, 1.807) is 13.8 Å². The maximum atomic E-state index is 12.8. The zero-order valence-corrected chi connectivity index (χ0v) is 13.6. The summed E-state index contributed by atoms with van der Waals surface area (Å²) in [5.74, 6) is -1.21. The van der Waals surface area contributed by atoms with Crippen molar-refractivity contribution in [2.45, 2.75) is 26.7 Å². The predicted molar refractivity (Wildman–Crippen MR) is 83.1 cm³/mol. The van der Waals surface area contributed by atoms with Crippen LogP contribution in [0.3, 0.4) is 0 Å². The van der Waals surface area contributed by atoms with E-state index in [4.69, 9.17) is 5.11 Å². The number of anilines is 1. The van der Waals surface area contributed by atoms with Gasteiger partial charge < -0.3 is 5.11 Å². The van der Waals surface area contributed by atoms with Crippen LogP contribution in [0.2, 0.25) is 0 Å². The van der Waals surface area contributed by atoms with Crippen molar-refractivity contribution in [3.05, 3.63) is 17.0 Å². The van der Waals surface area contributed by atoms with Gasteiger partial charge >= 0.3 is 16.2 Å². The molecule has 0 unspecified atom stereocenters. The molecule has 0 fully saturated rings. The second-order valence-electron chi connectivity index (χ2n) is 4.86. The number of carbonyl (C=O) groups is 2. The number of fused-ring (bicyclic) bond motifs is 1. The molecule has 126 valence electrons. The normalized spacial score (nSPS) is 14.3. The van der Waals surface area contributed by atoms with Crippen molar-refractivity contribution in [3.8, 4) is 0 Å². The van der Waals surface area contributed by atoms with Crippen molar-refractivity contribution in [1.29, 1.82) is 0 Å². The topological polar surface area (TPSA) is 122 Å². The molecule has 1 aromatic heterocycles. The van der Waals surface area contributed by atoms with Crippen LogP contribution in [0.15, 0.2) is 5.57 Å². The average molecular weight is 342 g/mol. The number of hydrogen-bond donors (Lipinski definition) is 2. The van der Waals surface area contributed by atoms with Crippen LogP contribution in [0.25, 0.3) is 6.08 Å². The van der Waals surface area contributed by atoms with Crippen LogP contribution in [0.5, 0.6) is 0 Å². The van der Waals surface area contributed by atoms with Gasteiger partial charge in [0.1, 0.15) is 0 Å². The number of carbonyl (C=O) groups excluding carboxylic acids is 1. The Morgan fingerprint density at radius 3 is 2.61 bits per heavy atom. The van der Waals surface area contributed by atoms with E-state index in [2.05, 4.69) is 10.3 Å². The Bertz CT molecular complexity index is 762. The number of carboxylic acid groups (broad SMARTS) is 1. The minimum absolute atomic E-state index is 0.139. The molecule has 2 N–H and O–H groups in total. The summed E-state index contributed by atoms with van der Waals surface area (Å²) in [7, 11) is -3.90. The molecule has 0 aromatic carbocycles. The summed E-state index contributed by atoms with van der Waals surface area (Å²) in [6, 6.07) is 0. The summed E-state index contributed by atoms with van der Waals surface area (Å²) in [5.41, 5.74) is 0.764. The summed E-state index contributed by atoms with van der Waals surface area (Å²) in [6.45, 7) is 3.95. The summed E-state index contributed by atoms with van der Waals surface area (Å²) < 4.78 is 27.8. The molecule has 0 aliphatic heterocycles. The lowest BCUT2D eigenvalue weighted by Gasteiger charge is -2.22. The molecule has 0 bridgehead atoms. The molecule has 1 heterocycles. The zero-order valence-electron chi connectivity index (χ0n) is 12.8. The lowest BCUT2D eigenvalue weighted by molar-refractivity contribution is -0.132. The number of nitrogens with zero attached hydrogens (tertiary/aromatic N) is 3. The van der Waals surface area contributed by atoms with Crippen LogP contribution in [-0.2, 0) is 26.2 Å². The molecule has 2 rings (SSSR count). The van der Waals surface area contributed by atoms with E-state index in [0.717, 1.165) is 3.97 Å². The Morgan fingerprint density at radius 2 is 2.09 bits per heavy atom. The van der Waals surface area contributed by atoms with Crippen LogP contribution in [0.1, 0.15) is 31.7 Å². The van der Waals surface area contributed by atoms with Crippen molar-refractivity contribution < 1.29 is 23.1 Å².